The van der Waals surface area contributed by atoms with Crippen LogP contribution in [0.4, 0.5) is 0 Å². The highest BCUT2D eigenvalue weighted by atomic mass is 16.6. The summed E-state index contributed by atoms with van der Waals surface area (Å²) >= 11 is 0. The molecule has 0 radical (unpaired) electrons. The van der Waals surface area contributed by atoms with Crippen LogP contribution in [-0.4, -0.2) is 57.4 Å². The normalized spacial score (nSPS) is 38.0. The first-order chi connectivity index (χ1) is 5.57. The molecule has 0 amide bonds. The monoisotopic (exact) mass is 178 g/mol. The van der Waals surface area contributed by atoms with Crippen LogP contribution in [-0.2, 0) is 9.53 Å². The van der Waals surface area contributed by atoms with Crippen LogP contribution in [0, 0.1) is 0 Å². The molecular weight excluding hydrogens is 168 g/mol. The highest BCUT2D eigenvalue weighted by molar-refractivity contribution is 5.77. The number of aliphatic hydroxyl groups is 4. The Labute approximate surface area is 68.0 Å². The van der Waals surface area contributed by atoms with E-state index >= 15 is 0 Å². The van der Waals surface area contributed by atoms with E-state index in [1.165, 1.54) is 0 Å². The maximum absolute atomic E-state index is 10.6. The Bertz CT molecular complexity index is 181. The van der Waals surface area contributed by atoms with Crippen molar-refractivity contribution >= 4 is 5.97 Å². The molecule has 1 rings (SSSR count). The zero-order chi connectivity index (χ0) is 9.30. The molecule has 2 unspecified atom stereocenters. The lowest BCUT2D eigenvalue weighted by molar-refractivity contribution is -0.151. The molecule has 0 aromatic rings. The molecule has 1 saturated heterocycles. The van der Waals surface area contributed by atoms with Gasteiger partial charge in [-0.1, -0.05) is 0 Å². The number of cyclic esters (lactones) is 1. The Morgan fingerprint density at radius 2 is 2.08 bits per heavy atom. The highest BCUT2D eigenvalue weighted by Gasteiger charge is 2.45. The molecule has 0 saturated carbocycles. The molecule has 1 fully saturated rings. The standard InChI is InChI=1S/C6H10O6/c7-1-2(8)5-3(9)4(10)6(11)12-5/h2-5,7-10H,1H2/t2?,3?,4-,5+/m0/s1. The number of ether oxygens (including phenoxy) is 1. The molecule has 0 bridgehead atoms. The van der Waals surface area contributed by atoms with E-state index in [4.69, 9.17) is 20.4 Å². The molecule has 70 valence electrons. The maximum Gasteiger partial charge on any atom is 0.338 e. The molecular formula is C6H10O6. The molecule has 1 heterocycles. The van der Waals surface area contributed by atoms with Crippen molar-refractivity contribution in [2.24, 2.45) is 0 Å². The van der Waals surface area contributed by atoms with Crippen LogP contribution in [0.15, 0.2) is 0 Å². The lowest BCUT2D eigenvalue weighted by atomic mass is 10.1. The minimum absolute atomic E-state index is 0.637. The van der Waals surface area contributed by atoms with Gasteiger partial charge in [0.25, 0.3) is 0 Å². The Balaban J connectivity index is 2.64. The first-order valence-electron chi connectivity index (χ1n) is 3.43. The topological polar surface area (TPSA) is 107 Å². The molecule has 4 atom stereocenters. The van der Waals surface area contributed by atoms with Crippen molar-refractivity contribution in [1.82, 2.24) is 0 Å². The number of carbonyl (C=O) groups is 1. The number of esters is 1. The Kier molecular flexibility index (Phi) is 2.63. The molecule has 1 aliphatic heterocycles. The Hall–Kier alpha value is -0.690. The number of hydrogen-bond donors (Lipinski definition) is 4. The van der Waals surface area contributed by atoms with Crippen LogP contribution in [0.1, 0.15) is 0 Å². The van der Waals surface area contributed by atoms with Gasteiger partial charge in [0.2, 0.25) is 0 Å². The second-order valence-corrected chi connectivity index (χ2v) is 2.59. The summed E-state index contributed by atoms with van der Waals surface area (Å²) in [5, 5.41) is 35.3. The van der Waals surface area contributed by atoms with E-state index in [0.717, 1.165) is 0 Å². The van der Waals surface area contributed by atoms with Gasteiger partial charge in [-0.2, -0.15) is 0 Å². The average Bonchev–Trinajstić information content (AvgIpc) is 2.32. The third-order valence-electron chi connectivity index (χ3n) is 1.72. The lowest BCUT2D eigenvalue weighted by Crippen LogP contribution is -2.40. The van der Waals surface area contributed by atoms with Crippen LogP contribution < -0.4 is 0 Å². The molecule has 6 nitrogen and oxygen atoms in total. The predicted molar refractivity (Wildman–Crippen MR) is 35.0 cm³/mol. The largest absolute Gasteiger partial charge is 0.455 e. The highest BCUT2D eigenvalue weighted by Crippen LogP contribution is 2.18. The molecule has 0 aromatic heterocycles. The third-order valence-corrected chi connectivity index (χ3v) is 1.72. The fourth-order valence-electron chi connectivity index (χ4n) is 1.00. The molecule has 1 aliphatic rings. The molecule has 0 spiro atoms. The second kappa shape index (κ2) is 3.36. The van der Waals surface area contributed by atoms with Crippen molar-refractivity contribution < 1.29 is 30.0 Å². The van der Waals surface area contributed by atoms with Gasteiger partial charge in [0.1, 0.15) is 12.2 Å². The van der Waals surface area contributed by atoms with Gasteiger partial charge in [0.05, 0.1) is 6.61 Å². The van der Waals surface area contributed by atoms with Gasteiger partial charge in [-0.05, 0) is 0 Å². The van der Waals surface area contributed by atoms with E-state index in [1.54, 1.807) is 0 Å². The van der Waals surface area contributed by atoms with E-state index in [-0.39, 0.29) is 0 Å². The molecule has 6 heteroatoms. The summed E-state index contributed by atoms with van der Waals surface area (Å²) in [5.41, 5.74) is 0. The van der Waals surface area contributed by atoms with Gasteiger partial charge in [0, 0.05) is 0 Å². The van der Waals surface area contributed by atoms with Gasteiger partial charge in [-0.25, -0.2) is 4.79 Å². The van der Waals surface area contributed by atoms with E-state index in [1.807, 2.05) is 0 Å². The van der Waals surface area contributed by atoms with Crippen LogP contribution in [0.25, 0.3) is 0 Å². The predicted octanol–water partition coefficient (Wildman–Crippen LogP) is -3.01. The summed E-state index contributed by atoms with van der Waals surface area (Å²) in [4.78, 5) is 10.6. The number of carbonyl (C=O) groups excluding carboxylic acids is 1. The van der Waals surface area contributed by atoms with E-state index in [9.17, 15) is 4.79 Å². The van der Waals surface area contributed by atoms with Gasteiger partial charge in [0.15, 0.2) is 12.2 Å². The van der Waals surface area contributed by atoms with Crippen LogP contribution in [0.2, 0.25) is 0 Å². The Morgan fingerprint density at radius 3 is 2.42 bits per heavy atom. The van der Waals surface area contributed by atoms with Crippen molar-refractivity contribution in [1.29, 1.82) is 0 Å². The zero-order valence-electron chi connectivity index (χ0n) is 6.12. The van der Waals surface area contributed by atoms with Crippen molar-refractivity contribution in [3.8, 4) is 0 Å². The summed E-state index contributed by atoms with van der Waals surface area (Å²) in [6, 6.07) is 0. The number of hydrogen-bond acceptors (Lipinski definition) is 6. The number of aliphatic hydroxyl groups excluding tert-OH is 4. The van der Waals surface area contributed by atoms with E-state index in [0.29, 0.717) is 0 Å². The van der Waals surface area contributed by atoms with Gasteiger partial charge in [-0.3, -0.25) is 0 Å². The van der Waals surface area contributed by atoms with Gasteiger partial charge in [-0.15, -0.1) is 0 Å². The minimum atomic E-state index is -1.63. The summed E-state index contributed by atoms with van der Waals surface area (Å²) in [6.07, 6.45) is -5.70. The van der Waals surface area contributed by atoms with Crippen LogP contribution >= 0.6 is 0 Å². The molecule has 0 aliphatic carbocycles. The average molecular weight is 178 g/mol. The van der Waals surface area contributed by atoms with Crippen LogP contribution in [0.3, 0.4) is 0 Å². The SMILES string of the molecule is O=C1O[C@H](C(O)CO)C(O)[C@@H]1O. The zero-order valence-corrected chi connectivity index (χ0v) is 6.12. The van der Waals surface area contributed by atoms with E-state index in [2.05, 4.69) is 4.74 Å². The van der Waals surface area contributed by atoms with Gasteiger partial charge < -0.3 is 25.2 Å². The number of rotatable bonds is 2. The Morgan fingerprint density at radius 1 is 1.50 bits per heavy atom. The molecule has 12 heavy (non-hydrogen) atoms. The van der Waals surface area contributed by atoms with Crippen LogP contribution in [0.5, 0.6) is 0 Å². The molecule has 0 aromatic carbocycles. The summed E-state index contributed by atoms with van der Waals surface area (Å²) in [5.74, 6) is -0.986. The second-order valence-electron chi connectivity index (χ2n) is 2.59. The lowest BCUT2D eigenvalue weighted by Gasteiger charge is -2.17. The fraction of sp³-hybridized carbons (Fsp3) is 0.833. The maximum atomic E-state index is 10.6. The van der Waals surface area contributed by atoms with Crippen molar-refractivity contribution in [2.45, 2.75) is 24.4 Å². The third kappa shape index (κ3) is 1.42. The van der Waals surface area contributed by atoms with Crippen molar-refractivity contribution in [3.63, 3.8) is 0 Å². The smallest absolute Gasteiger partial charge is 0.338 e. The first-order valence-corrected chi connectivity index (χ1v) is 3.43. The quantitative estimate of drug-likeness (QED) is 0.335. The summed E-state index contributed by atoms with van der Waals surface area (Å²) in [6.45, 7) is -0.637. The summed E-state index contributed by atoms with van der Waals surface area (Å²) < 4.78 is 4.39. The summed E-state index contributed by atoms with van der Waals surface area (Å²) in [7, 11) is 0. The first kappa shape index (κ1) is 9.40. The van der Waals surface area contributed by atoms with E-state index < -0.39 is 37.0 Å². The fourth-order valence-corrected chi connectivity index (χ4v) is 1.00. The van der Waals surface area contributed by atoms with Crippen molar-refractivity contribution in [3.05, 3.63) is 0 Å². The molecule has 4 N–H and O–H groups in total. The van der Waals surface area contributed by atoms with Gasteiger partial charge >= 0.3 is 5.97 Å². The minimum Gasteiger partial charge on any atom is -0.455 e. The van der Waals surface area contributed by atoms with Crippen molar-refractivity contribution in [2.75, 3.05) is 6.61 Å².